The lowest BCUT2D eigenvalue weighted by Gasteiger charge is -2.48. The molecule has 1 aliphatic heterocycles. The van der Waals surface area contributed by atoms with Crippen molar-refractivity contribution in [2.75, 3.05) is 33.4 Å². The number of aryl methyl sites for hydroxylation is 1. The van der Waals surface area contributed by atoms with Gasteiger partial charge < -0.3 is 18.9 Å². The van der Waals surface area contributed by atoms with Gasteiger partial charge in [-0.05, 0) is 54.4 Å². The molecule has 3 atom stereocenters. The molecule has 2 aliphatic rings. The predicted octanol–water partition coefficient (Wildman–Crippen LogP) is 3.67. The number of rotatable bonds is 11. The Hall–Kier alpha value is -1.64. The van der Waals surface area contributed by atoms with E-state index in [1.54, 1.807) is 13.1 Å². The third-order valence-corrected chi connectivity index (χ3v) is 8.97. The number of nitriles is 1. The maximum Gasteiger partial charge on any atom is 0.330 e. The largest absolute Gasteiger partial charge is 0.400 e. The minimum Gasteiger partial charge on any atom is -0.400 e. The second-order valence-corrected chi connectivity index (χ2v) is 12.2. The van der Waals surface area contributed by atoms with Crippen LogP contribution in [0.5, 0.6) is 0 Å². The van der Waals surface area contributed by atoms with Crippen LogP contribution in [-0.4, -0.2) is 82.8 Å². The summed E-state index contributed by atoms with van der Waals surface area (Å²) in [4.78, 5) is 29.6. The molecule has 11 nitrogen and oxygen atoms in total. The monoisotopic (exact) mass is 572 g/mol. The summed E-state index contributed by atoms with van der Waals surface area (Å²) in [6, 6.07) is 2.76. The fourth-order valence-corrected chi connectivity index (χ4v) is 6.92. The first-order chi connectivity index (χ1) is 19.5. The van der Waals surface area contributed by atoms with Crippen molar-refractivity contribution in [1.82, 2.24) is 19.1 Å². The molecule has 39 heavy (non-hydrogen) atoms. The third kappa shape index (κ3) is 9.46. The number of aromatic nitrogens is 2. The van der Waals surface area contributed by atoms with Gasteiger partial charge in [-0.2, -0.15) is 5.26 Å². The average Bonchev–Trinajstić information content (AvgIpc) is 2.94. The molecule has 2 N–H and O–H groups in total. The van der Waals surface area contributed by atoms with Crippen LogP contribution in [0.1, 0.15) is 86.3 Å². The average molecular weight is 573 g/mol. The number of nitrogens with zero attached hydrogens (tertiary/aromatic N) is 4. The summed E-state index contributed by atoms with van der Waals surface area (Å²) >= 11 is 0. The van der Waals surface area contributed by atoms with Crippen LogP contribution in [-0.2, 0) is 13.8 Å². The van der Waals surface area contributed by atoms with Crippen LogP contribution in [0.2, 0.25) is 0 Å². The topological polar surface area (TPSA) is 133 Å². The number of nitrogens with one attached hydrogen (secondary N) is 1. The van der Waals surface area contributed by atoms with E-state index in [1.165, 1.54) is 18.1 Å². The standard InChI is InChI=1S/C26H44N5O5P.CH4O/c1-19(2)31(20(3)4)37(34-14-10-13-27)35-18-26(6)17-29(22-11-8-7-9-12-22)16-23(36-26)30-15-21(5)24(32)28-25(30)33;1-2/h15,19-20,22-23H,7-12,14,16-18H2,1-6H3,(H,28,32,33);2H,1H3/t23-,26+,37?;/m1./s1/i6D;2T. The Morgan fingerprint density at radius 1 is 1.33 bits per heavy atom. The molecule has 2 heterocycles. The van der Waals surface area contributed by atoms with Gasteiger partial charge in [0.25, 0.3) is 14.1 Å². The van der Waals surface area contributed by atoms with Gasteiger partial charge in [0.15, 0.2) is 6.23 Å². The van der Waals surface area contributed by atoms with Crippen molar-refractivity contribution in [2.24, 2.45) is 0 Å². The summed E-state index contributed by atoms with van der Waals surface area (Å²) < 4.78 is 36.9. The second kappa shape index (κ2) is 16.0. The van der Waals surface area contributed by atoms with E-state index in [0.29, 0.717) is 24.7 Å². The van der Waals surface area contributed by atoms with E-state index < -0.39 is 31.6 Å². The lowest BCUT2D eigenvalue weighted by molar-refractivity contribution is -0.197. The summed E-state index contributed by atoms with van der Waals surface area (Å²) in [5, 5.41) is 12.5. The molecule has 3 rings (SSSR count). The van der Waals surface area contributed by atoms with E-state index >= 15 is 0 Å². The SMILES string of the molecule is [2H]C[C@@]1(COP(OCCC#N)N(C(C)C)C(C)C)CN(C2CCCCC2)C[C@H](n2cc(C)c(=O)[nH]c2=O)O1.[3H]OC. The third-order valence-electron chi connectivity index (χ3n) is 6.92. The summed E-state index contributed by atoms with van der Waals surface area (Å²) in [6.07, 6.45) is 6.81. The van der Waals surface area contributed by atoms with Gasteiger partial charge in [0, 0.05) is 51.5 Å². The van der Waals surface area contributed by atoms with Crippen molar-refractivity contribution in [3.05, 3.63) is 32.6 Å². The van der Waals surface area contributed by atoms with Crippen molar-refractivity contribution in [2.45, 2.75) is 110 Å². The van der Waals surface area contributed by atoms with Crippen LogP contribution in [0.25, 0.3) is 0 Å². The molecule has 0 radical (unpaired) electrons. The summed E-state index contributed by atoms with van der Waals surface area (Å²) in [5.41, 5.74) is -1.51. The second-order valence-electron chi connectivity index (χ2n) is 10.8. The molecule has 1 unspecified atom stereocenters. The van der Waals surface area contributed by atoms with Crippen LogP contribution in [0, 0.1) is 18.3 Å². The molecule has 0 aromatic carbocycles. The van der Waals surface area contributed by atoms with Gasteiger partial charge in [-0.15, -0.1) is 0 Å². The maximum atomic E-state index is 12.8. The molecular formula is C27H48N5O6P. The zero-order valence-electron chi connectivity index (χ0n) is 26.4. The number of hydrogen-bond acceptors (Lipinski definition) is 9. The smallest absolute Gasteiger partial charge is 0.330 e. The Balaban J connectivity index is 0.00000187. The van der Waals surface area contributed by atoms with Gasteiger partial charge in [0.2, 0.25) is 1.43 Å². The number of H-pyrrole nitrogens is 1. The van der Waals surface area contributed by atoms with Gasteiger partial charge >= 0.3 is 5.69 Å². The minimum absolute atomic E-state index is 0.0610. The molecule has 222 valence electrons. The zero-order valence-corrected chi connectivity index (χ0v) is 25.2. The normalized spacial score (nSPS) is 24.2. The molecule has 12 heteroatoms. The number of morpholine rings is 1. The molecule has 2 fully saturated rings. The Kier molecular flexibility index (Phi) is 12.4. The molecule has 1 aromatic heterocycles. The Morgan fingerprint density at radius 2 is 2.00 bits per heavy atom. The first-order valence-electron chi connectivity index (χ1n) is 14.9. The van der Waals surface area contributed by atoms with Crippen LogP contribution in [0.15, 0.2) is 15.8 Å². The molecule has 0 amide bonds. The summed E-state index contributed by atoms with van der Waals surface area (Å²) in [7, 11) is -0.214. The van der Waals surface area contributed by atoms with Crippen molar-refractivity contribution < 1.29 is 20.3 Å². The van der Waals surface area contributed by atoms with Gasteiger partial charge in [0.05, 0.1) is 25.7 Å². The Morgan fingerprint density at radius 3 is 2.59 bits per heavy atom. The van der Waals surface area contributed by atoms with Crippen molar-refractivity contribution in [3.63, 3.8) is 0 Å². The van der Waals surface area contributed by atoms with E-state index in [9.17, 15) is 9.59 Å². The van der Waals surface area contributed by atoms with Crippen molar-refractivity contribution in [1.29, 1.82) is 6.69 Å². The molecule has 1 aromatic rings. The summed E-state index contributed by atoms with van der Waals surface area (Å²) in [5.74, 6) is 0. The van der Waals surface area contributed by atoms with E-state index in [1.807, 2.05) is 0 Å². The highest BCUT2D eigenvalue weighted by Gasteiger charge is 2.42. The first-order valence-corrected chi connectivity index (χ1v) is 14.9. The fraction of sp³-hybridized carbons (Fsp3) is 0.815. The molecule has 0 spiro atoms. The molecular weight excluding hydrogens is 521 g/mol. The molecule has 1 saturated carbocycles. The lowest BCUT2D eigenvalue weighted by Crippen LogP contribution is -2.58. The Bertz CT molecular complexity index is 1070. The molecule has 0 bridgehead atoms. The first kappa shape index (κ1) is 30.3. The highest BCUT2D eigenvalue weighted by atomic mass is 31.2. The van der Waals surface area contributed by atoms with E-state index in [-0.39, 0.29) is 38.6 Å². The summed E-state index contributed by atoms with van der Waals surface area (Å²) in [6.45, 7) is 11.3. The highest BCUT2D eigenvalue weighted by Crippen LogP contribution is 2.47. The van der Waals surface area contributed by atoms with Crippen molar-refractivity contribution >= 4 is 8.53 Å². The van der Waals surface area contributed by atoms with Gasteiger partial charge in [0.1, 0.15) is 5.60 Å². The van der Waals surface area contributed by atoms with Crippen LogP contribution < -0.4 is 11.2 Å². The lowest BCUT2D eigenvalue weighted by atomic mass is 9.92. The van der Waals surface area contributed by atoms with Gasteiger partial charge in [-0.3, -0.25) is 19.2 Å². The van der Waals surface area contributed by atoms with E-state index in [2.05, 4.69) is 53.4 Å². The number of hydrogen-bond donors (Lipinski definition) is 2. The molecule has 1 saturated heterocycles. The van der Waals surface area contributed by atoms with Gasteiger partial charge in [-0.1, -0.05) is 19.3 Å². The zero-order chi connectivity index (χ0) is 30.6. The Labute approximate surface area is 236 Å². The van der Waals surface area contributed by atoms with Crippen LogP contribution in [0.3, 0.4) is 0 Å². The maximum absolute atomic E-state index is 12.8. The van der Waals surface area contributed by atoms with Crippen LogP contribution >= 0.6 is 8.53 Å². The van der Waals surface area contributed by atoms with E-state index in [0.717, 1.165) is 25.7 Å². The highest BCUT2D eigenvalue weighted by molar-refractivity contribution is 7.44. The number of aliphatic hydroxyl groups is 1. The van der Waals surface area contributed by atoms with Gasteiger partial charge in [-0.25, -0.2) is 9.46 Å². The quantitative estimate of drug-likeness (QED) is 0.301. The number of ether oxygens (including phenoxy) is 1. The molecule has 1 aliphatic carbocycles. The fourth-order valence-electron chi connectivity index (χ4n) is 5.23. The van der Waals surface area contributed by atoms with Crippen LogP contribution in [0.4, 0.5) is 0 Å². The van der Waals surface area contributed by atoms with Crippen molar-refractivity contribution in [3.8, 4) is 6.07 Å². The number of aliphatic hydroxyl groups excluding tert-OH is 1. The number of aromatic amines is 1. The van der Waals surface area contributed by atoms with E-state index in [4.69, 9.17) is 21.8 Å². The predicted molar refractivity (Wildman–Crippen MR) is 152 cm³/mol. The minimum atomic E-state index is -1.51.